The quantitative estimate of drug-likeness (QED) is 0.533. The molecule has 0 rings (SSSR count). The van der Waals surface area contributed by atoms with Crippen LogP contribution in [0.3, 0.4) is 0 Å². The van der Waals surface area contributed by atoms with Gasteiger partial charge in [-0.05, 0) is 6.92 Å². The lowest BCUT2D eigenvalue weighted by Crippen LogP contribution is -2.42. The molecule has 0 aliphatic rings. The summed E-state index contributed by atoms with van der Waals surface area (Å²) in [6.45, 7) is 0.700. The van der Waals surface area contributed by atoms with Gasteiger partial charge < -0.3 is 9.84 Å². The Morgan fingerprint density at radius 1 is 1.43 bits per heavy atom. The Bertz CT molecular complexity index is 310. The maximum atomic E-state index is 10.8. The van der Waals surface area contributed by atoms with Gasteiger partial charge in [-0.2, -0.15) is 13.1 Å². The third-order valence-electron chi connectivity index (χ3n) is 0.907. The summed E-state index contributed by atoms with van der Waals surface area (Å²) in [6, 6.07) is 0. The highest BCUT2D eigenvalue weighted by Crippen LogP contribution is 1.81. The Balaban J connectivity index is 4.08. The Hall–Kier alpha value is -1.35. The maximum Gasteiger partial charge on any atom is 0.421 e. The van der Waals surface area contributed by atoms with Crippen molar-refractivity contribution < 1.29 is 27.9 Å². The number of amides is 1. The lowest BCUT2D eigenvalue weighted by molar-refractivity contribution is -0.135. The van der Waals surface area contributed by atoms with Gasteiger partial charge in [-0.1, -0.05) is 0 Å². The van der Waals surface area contributed by atoms with Crippen molar-refractivity contribution in [3.63, 3.8) is 0 Å². The molecule has 0 aromatic heterocycles. The van der Waals surface area contributed by atoms with Gasteiger partial charge in [0.1, 0.15) is 6.54 Å². The number of hydrogen-bond acceptors (Lipinski definition) is 5. The van der Waals surface area contributed by atoms with Crippen LogP contribution in [-0.4, -0.2) is 38.7 Å². The number of carboxylic acid groups (broad SMARTS) is 1. The van der Waals surface area contributed by atoms with E-state index in [9.17, 15) is 18.0 Å². The van der Waals surface area contributed by atoms with E-state index in [1.807, 2.05) is 0 Å². The van der Waals surface area contributed by atoms with Gasteiger partial charge in [0.25, 0.3) is 0 Å². The number of carbonyl (C=O) groups is 2. The van der Waals surface area contributed by atoms with E-state index in [2.05, 4.69) is 4.74 Å². The summed E-state index contributed by atoms with van der Waals surface area (Å²) in [6.07, 6.45) is -1.16. The van der Waals surface area contributed by atoms with Gasteiger partial charge >= 0.3 is 22.3 Å². The van der Waals surface area contributed by atoms with Gasteiger partial charge in [-0.25, -0.2) is 9.52 Å². The second-order valence-corrected chi connectivity index (χ2v) is 3.54. The van der Waals surface area contributed by atoms with Crippen molar-refractivity contribution in [3.8, 4) is 0 Å². The zero-order valence-electron chi connectivity index (χ0n) is 7.31. The smallest absolute Gasteiger partial charge is 0.421 e. The number of rotatable bonds is 5. The summed E-state index contributed by atoms with van der Waals surface area (Å²) in [5, 5.41) is 8.14. The summed E-state index contributed by atoms with van der Waals surface area (Å²) in [4.78, 5) is 20.6. The molecule has 0 atom stereocenters. The zero-order valence-corrected chi connectivity index (χ0v) is 8.13. The van der Waals surface area contributed by atoms with Gasteiger partial charge in [0, 0.05) is 0 Å². The minimum absolute atomic E-state index is 0.0142. The molecule has 0 aliphatic heterocycles. The van der Waals surface area contributed by atoms with E-state index < -0.39 is 28.8 Å². The summed E-state index contributed by atoms with van der Waals surface area (Å²) in [5.74, 6) is -1.36. The number of aliphatic carboxylic acids is 1. The van der Waals surface area contributed by atoms with E-state index in [-0.39, 0.29) is 6.61 Å². The predicted octanol–water partition coefficient (Wildman–Crippen LogP) is -1.35. The van der Waals surface area contributed by atoms with Crippen LogP contribution in [0.5, 0.6) is 0 Å². The molecule has 14 heavy (non-hydrogen) atoms. The molecular weight excluding hydrogens is 216 g/mol. The highest BCUT2D eigenvalue weighted by atomic mass is 32.2. The number of carbonyl (C=O) groups excluding carboxylic acids is 1. The van der Waals surface area contributed by atoms with Gasteiger partial charge in [-0.15, -0.1) is 0 Å². The lowest BCUT2D eigenvalue weighted by atomic mass is 10.7. The molecule has 0 saturated heterocycles. The first kappa shape index (κ1) is 12.7. The van der Waals surface area contributed by atoms with E-state index >= 15 is 0 Å². The SMILES string of the molecule is CCOC(=O)NS(=O)(=O)NCC(=O)O. The van der Waals surface area contributed by atoms with Crippen LogP contribution in [0, 0.1) is 0 Å². The number of ether oxygens (including phenoxy) is 1. The average molecular weight is 226 g/mol. The number of hydrogen-bond donors (Lipinski definition) is 3. The largest absolute Gasteiger partial charge is 0.480 e. The third-order valence-corrected chi connectivity index (χ3v) is 1.87. The molecule has 0 spiro atoms. The Morgan fingerprint density at radius 3 is 2.43 bits per heavy atom. The van der Waals surface area contributed by atoms with Gasteiger partial charge in [0.15, 0.2) is 0 Å². The Kier molecular flexibility index (Phi) is 4.87. The first-order valence-electron chi connectivity index (χ1n) is 3.53. The molecule has 1 amide bonds. The minimum atomic E-state index is -4.15. The van der Waals surface area contributed by atoms with Crippen molar-refractivity contribution in [2.24, 2.45) is 0 Å². The van der Waals surface area contributed by atoms with E-state index in [4.69, 9.17) is 5.11 Å². The first-order chi connectivity index (χ1) is 6.37. The number of nitrogens with one attached hydrogen (secondary N) is 2. The monoisotopic (exact) mass is 226 g/mol. The topological polar surface area (TPSA) is 122 Å². The first-order valence-corrected chi connectivity index (χ1v) is 5.01. The second kappa shape index (κ2) is 5.40. The summed E-state index contributed by atoms with van der Waals surface area (Å²) in [5.41, 5.74) is 0. The highest BCUT2D eigenvalue weighted by Gasteiger charge is 2.15. The minimum Gasteiger partial charge on any atom is -0.480 e. The van der Waals surface area contributed by atoms with Gasteiger partial charge in [0.2, 0.25) is 0 Å². The molecule has 0 aromatic carbocycles. The summed E-state index contributed by atoms with van der Waals surface area (Å²) in [7, 11) is -4.15. The van der Waals surface area contributed by atoms with Gasteiger partial charge in [0.05, 0.1) is 6.61 Å². The normalized spacial score (nSPS) is 10.6. The van der Waals surface area contributed by atoms with Crippen LogP contribution < -0.4 is 9.44 Å². The zero-order chi connectivity index (χ0) is 11.2. The van der Waals surface area contributed by atoms with Crippen molar-refractivity contribution >= 4 is 22.3 Å². The maximum absolute atomic E-state index is 10.8. The number of carboxylic acids is 1. The molecule has 0 saturated carbocycles. The van der Waals surface area contributed by atoms with Crippen LogP contribution in [0.15, 0.2) is 0 Å². The molecule has 0 aromatic rings. The molecular formula is C5H10N2O6S. The lowest BCUT2D eigenvalue weighted by Gasteiger charge is -2.05. The summed E-state index contributed by atoms with van der Waals surface area (Å²) < 4.78 is 29.0. The fraction of sp³-hybridized carbons (Fsp3) is 0.600. The van der Waals surface area contributed by atoms with Crippen molar-refractivity contribution in [1.82, 2.24) is 9.44 Å². The van der Waals surface area contributed by atoms with Crippen molar-refractivity contribution in [2.45, 2.75) is 6.92 Å². The molecule has 0 aliphatic carbocycles. The molecule has 0 radical (unpaired) electrons. The standard InChI is InChI=1S/C5H10N2O6S/c1-2-13-5(10)7-14(11,12)6-3-4(8)9/h6H,2-3H2,1H3,(H,7,10)(H,8,9). The Labute approximate surface area is 80.4 Å². The Morgan fingerprint density at radius 2 is 2.00 bits per heavy atom. The molecule has 0 unspecified atom stereocenters. The summed E-state index contributed by atoms with van der Waals surface area (Å²) >= 11 is 0. The van der Waals surface area contributed by atoms with Crippen molar-refractivity contribution in [3.05, 3.63) is 0 Å². The molecule has 82 valence electrons. The molecule has 9 heteroatoms. The molecule has 0 heterocycles. The molecule has 0 bridgehead atoms. The fourth-order valence-corrected chi connectivity index (χ4v) is 1.13. The highest BCUT2D eigenvalue weighted by molar-refractivity contribution is 7.88. The molecule has 3 N–H and O–H groups in total. The van der Waals surface area contributed by atoms with Gasteiger partial charge in [-0.3, -0.25) is 4.79 Å². The van der Waals surface area contributed by atoms with E-state index in [0.717, 1.165) is 0 Å². The fourth-order valence-electron chi connectivity index (χ4n) is 0.463. The molecule has 8 nitrogen and oxygen atoms in total. The average Bonchev–Trinajstić information content (AvgIpc) is 2.00. The predicted molar refractivity (Wildman–Crippen MR) is 44.7 cm³/mol. The van der Waals surface area contributed by atoms with E-state index in [1.165, 1.54) is 11.6 Å². The van der Waals surface area contributed by atoms with E-state index in [0.29, 0.717) is 0 Å². The van der Waals surface area contributed by atoms with Crippen molar-refractivity contribution in [2.75, 3.05) is 13.2 Å². The van der Waals surface area contributed by atoms with Crippen LogP contribution in [0.2, 0.25) is 0 Å². The van der Waals surface area contributed by atoms with Crippen LogP contribution in [0.4, 0.5) is 4.79 Å². The molecule has 0 fully saturated rings. The van der Waals surface area contributed by atoms with Crippen LogP contribution in [0.1, 0.15) is 6.92 Å². The van der Waals surface area contributed by atoms with Crippen LogP contribution in [-0.2, 0) is 19.7 Å². The van der Waals surface area contributed by atoms with Crippen LogP contribution >= 0.6 is 0 Å². The van der Waals surface area contributed by atoms with E-state index in [1.54, 1.807) is 4.72 Å². The second-order valence-electron chi connectivity index (χ2n) is 2.04. The third kappa shape index (κ3) is 6.20. The van der Waals surface area contributed by atoms with Crippen molar-refractivity contribution in [1.29, 1.82) is 0 Å². The van der Waals surface area contributed by atoms with Crippen LogP contribution in [0.25, 0.3) is 0 Å².